The number of carboxylic acids is 1. The van der Waals surface area contributed by atoms with Crippen molar-refractivity contribution in [1.29, 1.82) is 0 Å². The van der Waals surface area contributed by atoms with E-state index in [9.17, 15) is 4.79 Å². The van der Waals surface area contributed by atoms with Crippen LogP contribution in [0.25, 0.3) is 0 Å². The zero-order valence-corrected chi connectivity index (χ0v) is 8.57. The summed E-state index contributed by atoms with van der Waals surface area (Å²) >= 11 is 0. The van der Waals surface area contributed by atoms with Gasteiger partial charge in [-0.3, -0.25) is 9.69 Å². The third-order valence-corrected chi connectivity index (χ3v) is 3.58. The molecule has 2 aliphatic rings. The maximum absolute atomic E-state index is 10.9. The number of carboxylic acid groups (broad SMARTS) is 1. The molecule has 0 amide bonds. The Kier molecular flexibility index (Phi) is 2.74. The van der Waals surface area contributed by atoms with Crippen LogP contribution in [0.15, 0.2) is 0 Å². The van der Waals surface area contributed by atoms with Crippen molar-refractivity contribution in [2.75, 3.05) is 19.6 Å². The van der Waals surface area contributed by atoms with E-state index in [1.54, 1.807) is 6.92 Å². The Bertz CT molecular complexity index is 232. The van der Waals surface area contributed by atoms with Crippen molar-refractivity contribution in [3.63, 3.8) is 0 Å². The first-order chi connectivity index (χ1) is 6.70. The maximum atomic E-state index is 10.9. The lowest BCUT2D eigenvalue weighted by Crippen LogP contribution is -2.52. The number of piperidine rings is 1. The maximum Gasteiger partial charge on any atom is 0.320 e. The molecule has 0 aromatic rings. The summed E-state index contributed by atoms with van der Waals surface area (Å²) in [4.78, 5) is 13.1. The molecule has 0 spiro atoms. The van der Waals surface area contributed by atoms with Crippen LogP contribution in [0.2, 0.25) is 0 Å². The highest BCUT2D eigenvalue weighted by molar-refractivity contribution is 5.73. The van der Waals surface area contributed by atoms with E-state index in [2.05, 4.69) is 10.2 Å². The second kappa shape index (κ2) is 3.87. The molecule has 2 fully saturated rings. The minimum Gasteiger partial charge on any atom is -0.480 e. The summed E-state index contributed by atoms with van der Waals surface area (Å²) in [6.07, 6.45) is 2.39. The van der Waals surface area contributed by atoms with Gasteiger partial charge in [-0.2, -0.15) is 0 Å². The summed E-state index contributed by atoms with van der Waals surface area (Å²) < 4.78 is 0. The zero-order valence-electron chi connectivity index (χ0n) is 8.57. The van der Waals surface area contributed by atoms with Crippen molar-refractivity contribution < 1.29 is 9.90 Å². The fraction of sp³-hybridized carbons (Fsp3) is 0.900. The van der Waals surface area contributed by atoms with E-state index in [0.717, 1.165) is 26.1 Å². The first kappa shape index (κ1) is 9.93. The van der Waals surface area contributed by atoms with Gasteiger partial charge in [0.25, 0.3) is 0 Å². The van der Waals surface area contributed by atoms with Crippen LogP contribution in [-0.2, 0) is 4.79 Å². The molecular formula is C10H18N2O2. The van der Waals surface area contributed by atoms with Gasteiger partial charge in [0.2, 0.25) is 0 Å². The summed E-state index contributed by atoms with van der Waals surface area (Å²) in [5, 5.41) is 12.3. The summed E-state index contributed by atoms with van der Waals surface area (Å²) in [5.74, 6) is -0.0249. The molecule has 0 aromatic heterocycles. The Morgan fingerprint density at radius 2 is 2.36 bits per heavy atom. The topological polar surface area (TPSA) is 52.6 Å². The highest BCUT2D eigenvalue weighted by Crippen LogP contribution is 2.27. The van der Waals surface area contributed by atoms with Crippen LogP contribution >= 0.6 is 0 Å². The van der Waals surface area contributed by atoms with Gasteiger partial charge in [0.1, 0.15) is 6.04 Å². The van der Waals surface area contributed by atoms with Gasteiger partial charge in [-0.25, -0.2) is 0 Å². The molecule has 80 valence electrons. The molecule has 2 saturated heterocycles. The SMILES string of the molecule is CC(C(=O)O)N1CCCC2CNCC21. The molecular weight excluding hydrogens is 180 g/mol. The molecule has 2 heterocycles. The molecule has 14 heavy (non-hydrogen) atoms. The average Bonchev–Trinajstić information content (AvgIpc) is 2.63. The Hall–Kier alpha value is -0.610. The summed E-state index contributed by atoms with van der Waals surface area (Å²) in [5.41, 5.74) is 0. The Balaban J connectivity index is 2.06. The predicted octanol–water partition coefficient (Wildman–Crippen LogP) is 0.143. The number of aliphatic carboxylic acids is 1. The highest BCUT2D eigenvalue weighted by atomic mass is 16.4. The van der Waals surface area contributed by atoms with Crippen molar-refractivity contribution in [2.45, 2.75) is 31.8 Å². The smallest absolute Gasteiger partial charge is 0.320 e. The van der Waals surface area contributed by atoms with Crippen LogP contribution in [0.3, 0.4) is 0 Å². The summed E-state index contributed by atoms with van der Waals surface area (Å²) in [6.45, 7) is 4.76. The molecule has 0 saturated carbocycles. The third-order valence-electron chi connectivity index (χ3n) is 3.58. The monoisotopic (exact) mass is 198 g/mol. The Morgan fingerprint density at radius 3 is 3.07 bits per heavy atom. The lowest BCUT2D eigenvalue weighted by molar-refractivity contribution is -0.144. The van der Waals surface area contributed by atoms with Crippen LogP contribution in [0, 0.1) is 5.92 Å². The molecule has 2 aliphatic heterocycles. The van der Waals surface area contributed by atoms with E-state index in [0.29, 0.717) is 12.0 Å². The van der Waals surface area contributed by atoms with Gasteiger partial charge < -0.3 is 10.4 Å². The average molecular weight is 198 g/mol. The van der Waals surface area contributed by atoms with Crippen LogP contribution in [-0.4, -0.2) is 47.7 Å². The molecule has 3 atom stereocenters. The van der Waals surface area contributed by atoms with E-state index < -0.39 is 5.97 Å². The predicted molar refractivity (Wildman–Crippen MR) is 53.2 cm³/mol. The number of nitrogens with one attached hydrogen (secondary N) is 1. The van der Waals surface area contributed by atoms with Crippen LogP contribution in [0.1, 0.15) is 19.8 Å². The first-order valence-corrected chi connectivity index (χ1v) is 5.39. The summed E-state index contributed by atoms with van der Waals surface area (Å²) in [6, 6.07) is 0.123. The number of carbonyl (C=O) groups is 1. The first-order valence-electron chi connectivity index (χ1n) is 5.39. The van der Waals surface area contributed by atoms with Gasteiger partial charge in [-0.15, -0.1) is 0 Å². The number of hydrogen-bond donors (Lipinski definition) is 2. The van der Waals surface area contributed by atoms with Crippen molar-refractivity contribution in [3.8, 4) is 0 Å². The molecule has 2 rings (SSSR count). The summed E-state index contributed by atoms with van der Waals surface area (Å²) in [7, 11) is 0. The van der Waals surface area contributed by atoms with Crippen molar-refractivity contribution in [2.24, 2.45) is 5.92 Å². The van der Waals surface area contributed by atoms with Crippen molar-refractivity contribution in [3.05, 3.63) is 0 Å². The molecule has 2 N–H and O–H groups in total. The van der Waals surface area contributed by atoms with Gasteiger partial charge in [0, 0.05) is 12.6 Å². The van der Waals surface area contributed by atoms with Gasteiger partial charge in [0.15, 0.2) is 0 Å². The van der Waals surface area contributed by atoms with E-state index in [4.69, 9.17) is 5.11 Å². The minimum absolute atomic E-state index is 0.331. The second-order valence-electron chi connectivity index (χ2n) is 4.38. The van der Waals surface area contributed by atoms with E-state index in [-0.39, 0.29) is 6.04 Å². The van der Waals surface area contributed by atoms with Crippen LogP contribution in [0.4, 0.5) is 0 Å². The largest absolute Gasteiger partial charge is 0.480 e. The van der Waals surface area contributed by atoms with Gasteiger partial charge in [-0.1, -0.05) is 0 Å². The molecule has 4 nitrogen and oxygen atoms in total. The fourth-order valence-corrected chi connectivity index (χ4v) is 2.73. The highest BCUT2D eigenvalue weighted by Gasteiger charge is 2.38. The number of fused-ring (bicyclic) bond motifs is 1. The molecule has 0 bridgehead atoms. The molecule has 0 aromatic carbocycles. The quantitative estimate of drug-likeness (QED) is 0.663. The Morgan fingerprint density at radius 1 is 1.57 bits per heavy atom. The lowest BCUT2D eigenvalue weighted by atomic mass is 9.91. The molecule has 0 radical (unpaired) electrons. The lowest BCUT2D eigenvalue weighted by Gasteiger charge is -2.39. The number of rotatable bonds is 2. The van der Waals surface area contributed by atoms with Gasteiger partial charge >= 0.3 is 5.97 Å². The zero-order chi connectivity index (χ0) is 10.1. The molecule has 0 aliphatic carbocycles. The van der Waals surface area contributed by atoms with Crippen LogP contribution < -0.4 is 5.32 Å². The van der Waals surface area contributed by atoms with E-state index in [1.807, 2.05) is 0 Å². The van der Waals surface area contributed by atoms with Gasteiger partial charge in [-0.05, 0) is 38.8 Å². The van der Waals surface area contributed by atoms with Gasteiger partial charge in [0.05, 0.1) is 0 Å². The van der Waals surface area contributed by atoms with Crippen molar-refractivity contribution in [1.82, 2.24) is 10.2 Å². The standard InChI is InChI=1S/C10H18N2O2/c1-7(10(13)14)12-4-2-3-8-5-11-6-9(8)12/h7-9,11H,2-6H2,1H3,(H,13,14). The van der Waals surface area contributed by atoms with Crippen molar-refractivity contribution >= 4 is 5.97 Å². The third kappa shape index (κ3) is 1.64. The fourth-order valence-electron chi connectivity index (χ4n) is 2.73. The molecule has 4 heteroatoms. The number of likely N-dealkylation sites (tertiary alicyclic amines) is 1. The Labute approximate surface area is 84.3 Å². The normalized spacial score (nSPS) is 35.2. The minimum atomic E-state index is -0.697. The number of nitrogens with zero attached hydrogens (tertiary/aromatic N) is 1. The van der Waals surface area contributed by atoms with E-state index in [1.165, 1.54) is 6.42 Å². The van der Waals surface area contributed by atoms with Crippen LogP contribution in [0.5, 0.6) is 0 Å². The molecule has 3 unspecified atom stereocenters. The number of hydrogen-bond acceptors (Lipinski definition) is 3. The van der Waals surface area contributed by atoms with E-state index >= 15 is 0 Å². The second-order valence-corrected chi connectivity index (χ2v) is 4.38.